The largest absolute Gasteiger partial charge is 0.348 e. The summed E-state index contributed by atoms with van der Waals surface area (Å²) in [5.74, 6) is 0. The van der Waals surface area contributed by atoms with Gasteiger partial charge in [-0.15, -0.1) is 0 Å². The van der Waals surface area contributed by atoms with Crippen molar-refractivity contribution in [3.63, 3.8) is 0 Å². The number of aryl methyl sites for hydroxylation is 4. The molecule has 0 fully saturated rings. The van der Waals surface area contributed by atoms with Crippen LogP contribution in [0.25, 0.3) is 0 Å². The van der Waals surface area contributed by atoms with Gasteiger partial charge in [-0.1, -0.05) is 29.3 Å². The van der Waals surface area contributed by atoms with Crippen LogP contribution in [0.3, 0.4) is 0 Å². The molecule has 2 aromatic carbocycles. The predicted molar refractivity (Wildman–Crippen MR) is 106 cm³/mol. The molecule has 25 heavy (non-hydrogen) atoms. The Balaban J connectivity index is 1.58. The number of anilines is 1. The second-order valence-electron chi connectivity index (χ2n) is 7.35. The van der Waals surface area contributed by atoms with Crippen molar-refractivity contribution >= 4 is 17.6 Å². The van der Waals surface area contributed by atoms with Crippen molar-refractivity contribution in [1.29, 1.82) is 0 Å². The van der Waals surface area contributed by atoms with Crippen molar-refractivity contribution in [2.24, 2.45) is 0 Å². The van der Waals surface area contributed by atoms with Crippen molar-refractivity contribution in [1.82, 2.24) is 0 Å². The molecule has 128 valence electrons. The van der Waals surface area contributed by atoms with Crippen molar-refractivity contribution in [2.75, 3.05) is 18.0 Å². The quantitative estimate of drug-likeness (QED) is 0.707. The Labute approximate surface area is 151 Å². The second-order valence-corrected chi connectivity index (χ2v) is 7.35. The van der Waals surface area contributed by atoms with Gasteiger partial charge in [-0.2, -0.15) is 4.58 Å². The Morgan fingerprint density at radius 1 is 0.920 bits per heavy atom. The molecule has 2 aromatic rings. The summed E-state index contributed by atoms with van der Waals surface area (Å²) < 4.78 is 2.40. The maximum Gasteiger partial charge on any atom is 0.208 e. The number of hydrogen-bond acceptors (Lipinski definition) is 1. The van der Waals surface area contributed by atoms with Gasteiger partial charge < -0.3 is 4.90 Å². The molecule has 0 atom stereocenters. The fourth-order valence-corrected chi connectivity index (χ4v) is 4.07. The number of hydrogen-bond donors (Lipinski definition) is 0. The minimum Gasteiger partial charge on any atom is -0.348 e. The van der Waals surface area contributed by atoms with Gasteiger partial charge in [0.1, 0.15) is 6.54 Å². The van der Waals surface area contributed by atoms with Crippen LogP contribution in [-0.2, 0) is 12.8 Å². The first-order chi connectivity index (χ1) is 12.2. The van der Waals surface area contributed by atoms with E-state index in [1.165, 1.54) is 59.3 Å². The third-order valence-corrected chi connectivity index (χ3v) is 5.31. The van der Waals surface area contributed by atoms with Crippen molar-refractivity contribution in [3.05, 3.63) is 70.9 Å². The summed E-state index contributed by atoms with van der Waals surface area (Å²) in [6, 6.07) is 13.7. The van der Waals surface area contributed by atoms with Gasteiger partial charge in [-0.25, -0.2) is 0 Å². The van der Waals surface area contributed by atoms with Crippen LogP contribution >= 0.6 is 0 Å². The maximum absolute atomic E-state index is 2.40. The Morgan fingerprint density at radius 3 is 2.56 bits per heavy atom. The lowest BCUT2D eigenvalue weighted by molar-refractivity contribution is -0.440. The Morgan fingerprint density at radius 2 is 1.68 bits per heavy atom. The number of allylic oxidation sites excluding steroid dienone is 1. The van der Waals surface area contributed by atoms with Crippen LogP contribution in [0.5, 0.6) is 0 Å². The lowest BCUT2D eigenvalue weighted by Gasteiger charge is -2.28. The molecule has 0 aromatic heterocycles. The van der Waals surface area contributed by atoms with Gasteiger partial charge in [0.2, 0.25) is 5.69 Å². The van der Waals surface area contributed by atoms with E-state index in [0.29, 0.717) is 0 Å². The van der Waals surface area contributed by atoms with E-state index in [9.17, 15) is 0 Å². The fraction of sp³-hybridized carbons (Fsp3) is 0.348. The lowest BCUT2D eigenvalue weighted by atomic mass is 10.00. The van der Waals surface area contributed by atoms with Gasteiger partial charge in [-0.3, -0.25) is 0 Å². The number of nitrogens with zero attached hydrogens (tertiary/aromatic N) is 2. The predicted octanol–water partition coefficient (Wildman–Crippen LogP) is 4.93. The molecular weight excluding hydrogens is 304 g/mol. The molecule has 0 unspecified atom stereocenters. The molecule has 0 radical (unpaired) electrons. The molecule has 0 aliphatic carbocycles. The summed E-state index contributed by atoms with van der Waals surface area (Å²) >= 11 is 0. The zero-order valence-electron chi connectivity index (χ0n) is 15.3. The zero-order valence-corrected chi connectivity index (χ0v) is 15.3. The molecule has 2 heteroatoms. The lowest BCUT2D eigenvalue weighted by Crippen LogP contribution is -2.24. The molecule has 0 N–H and O–H groups in total. The van der Waals surface area contributed by atoms with Crippen molar-refractivity contribution < 1.29 is 4.58 Å². The highest BCUT2D eigenvalue weighted by molar-refractivity contribution is 5.70. The van der Waals surface area contributed by atoms with E-state index in [1.807, 2.05) is 0 Å². The van der Waals surface area contributed by atoms with Crippen LogP contribution in [0.1, 0.15) is 35.1 Å². The minimum absolute atomic E-state index is 1.11. The van der Waals surface area contributed by atoms with Crippen LogP contribution in [0.2, 0.25) is 0 Å². The third kappa shape index (κ3) is 3.39. The maximum atomic E-state index is 2.40. The molecular formula is C23H27N2+. The molecule has 2 nitrogen and oxygen atoms in total. The highest BCUT2D eigenvalue weighted by Crippen LogP contribution is 2.28. The van der Waals surface area contributed by atoms with E-state index in [1.54, 1.807) is 0 Å². The van der Waals surface area contributed by atoms with Crippen LogP contribution in [0.4, 0.5) is 11.4 Å². The van der Waals surface area contributed by atoms with Gasteiger partial charge in [0.05, 0.1) is 0 Å². The second kappa shape index (κ2) is 6.87. The third-order valence-electron chi connectivity index (χ3n) is 5.31. The van der Waals surface area contributed by atoms with Gasteiger partial charge in [0.25, 0.3) is 0 Å². The summed E-state index contributed by atoms with van der Waals surface area (Å²) in [5, 5.41) is 0. The minimum atomic E-state index is 1.11. The zero-order chi connectivity index (χ0) is 17.2. The van der Waals surface area contributed by atoms with E-state index >= 15 is 0 Å². The van der Waals surface area contributed by atoms with E-state index in [0.717, 1.165) is 13.1 Å². The van der Waals surface area contributed by atoms with Crippen LogP contribution in [0, 0.1) is 13.8 Å². The molecule has 2 aliphatic rings. The van der Waals surface area contributed by atoms with Gasteiger partial charge in [0.15, 0.2) is 6.21 Å². The van der Waals surface area contributed by atoms with E-state index in [-0.39, 0.29) is 0 Å². The first-order valence-electron chi connectivity index (χ1n) is 9.45. The molecule has 2 aliphatic heterocycles. The van der Waals surface area contributed by atoms with Crippen LogP contribution in [-0.4, -0.2) is 23.9 Å². The monoisotopic (exact) mass is 331 g/mol. The number of benzene rings is 2. The van der Waals surface area contributed by atoms with Crippen LogP contribution in [0.15, 0.2) is 48.7 Å². The summed E-state index contributed by atoms with van der Waals surface area (Å²) in [6.07, 6.45) is 11.6. The topological polar surface area (TPSA) is 6.25 Å². The van der Waals surface area contributed by atoms with Gasteiger partial charge in [0, 0.05) is 42.6 Å². The van der Waals surface area contributed by atoms with Gasteiger partial charge >= 0.3 is 0 Å². The average Bonchev–Trinajstić information content (AvgIpc) is 2.61. The first kappa shape index (κ1) is 16.1. The normalized spacial score (nSPS) is 18.5. The van der Waals surface area contributed by atoms with Gasteiger partial charge in [-0.05, 0) is 50.8 Å². The smallest absolute Gasteiger partial charge is 0.208 e. The van der Waals surface area contributed by atoms with E-state index < -0.39 is 0 Å². The summed E-state index contributed by atoms with van der Waals surface area (Å²) in [5.41, 5.74) is 8.42. The molecule has 0 saturated heterocycles. The summed E-state index contributed by atoms with van der Waals surface area (Å²) in [4.78, 5) is 2.40. The highest BCUT2D eigenvalue weighted by Gasteiger charge is 2.20. The summed E-state index contributed by atoms with van der Waals surface area (Å²) in [6.45, 7) is 6.57. The highest BCUT2D eigenvalue weighted by atomic mass is 15.1. The van der Waals surface area contributed by atoms with Crippen LogP contribution < -0.4 is 4.90 Å². The van der Waals surface area contributed by atoms with Crippen molar-refractivity contribution in [2.45, 2.75) is 39.5 Å². The number of rotatable bonds is 2. The molecule has 0 spiro atoms. The van der Waals surface area contributed by atoms with E-state index in [4.69, 9.17) is 0 Å². The molecule has 2 heterocycles. The average molecular weight is 331 g/mol. The summed E-state index contributed by atoms with van der Waals surface area (Å²) in [7, 11) is 0. The SMILES string of the molecule is Cc1ccc2c(c1)CCCN2/C=C/C=[N+]1CCCc2cc(C)ccc21. The Bertz CT molecular complexity index is 845. The Hall–Kier alpha value is -2.35. The Kier molecular flexibility index (Phi) is 4.44. The standard InChI is InChI=1S/C23H27N2/c1-18-8-10-22-20(16-18)6-3-12-24(22)14-5-15-25-13-4-7-21-17-19(2)9-11-23(21)25/h5,8-11,14-17H,3-4,6-7,12-13H2,1-2H3/q+1. The molecule has 0 saturated carbocycles. The molecule has 4 rings (SSSR count). The van der Waals surface area contributed by atoms with E-state index in [2.05, 4.69) is 78.2 Å². The first-order valence-corrected chi connectivity index (χ1v) is 9.45. The molecule has 0 bridgehead atoms. The molecule has 0 amide bonds. The van der Waals surface area contributed by atoms with Crippen molar-refractivity contribution in [3.8, 4) is 0 Å². The fourth-order valence-electron chi connectivity index (χ4n) is 4.07. The number of fused-ring (bicyclic) bond motifs is 2.